The summed E-state index contributed by atoms with van der Waals surface area (Å²) in [5.41, 5.74) is 1.40. The van der Waals surface area contributed by atoms with Crippen LogP contribution >= 0.6 is 0 Å². The largest absolute Gasteiger partial charge is 0.491 e. The molecule has 1 nitrogen and oxygen atoms in total. The average molecular weight is 391 g/mol. The second-order valence-corrected chi connectivity index (χ2v) is 8.10. The lowest BCUT2D eigenvalue weighted by Gasteiger charge is -2.16. The zero-order valence-electron chi connectivity index (χ0n) is 17.3. The highest BCUT2D eigenvalue weighted by Gasteiger charge is 2.10. The van der Waals surface area contributed by atoms with E-state index in [0.717, 1.165) is 25.0 Å². The molecule has 5 rings (SSSR count). The Morgan fingerprint density at radius 3 is 1.77 bits per heavy atom. The number of hydrogen-bond donors (Lipinski definition) is 0. The highest BCUT2D eigenvalue weighted by Crippen LogP contribution is 2.36. The Morgan fingerprint density at radius 2 is 1.13 bits per heavy atom. The summed E-state index contributed by atoms with van der Waals surface area (Å²) in [5.74, 6) is 0.954. The van der Waals surface area contributed by atoms with E-state index < -0.39 is 0 Å². The molecule has 1 heteroatoms. The van der Waals surface area contributed by atoms with Gasteiger partial charge in [-0.15, -0.1) is 0 Å². The number of hydrogen-bond acceptors (Lipinski definition) is 1. The van der Waals surface area contributed by atoms with Gasteiger partial charge in [0, 0.05) is 0 Å². The van der Waals surface area contributed by atoms with Crippen molar-refractivity contribution in [2.24, 2.45) is 0 Å². The summed E-state index contributed by atoms with van der Waals surface area (Å²) in [5, 5.41) is 7.74. The summed E-state index contributed by atoms with van der Waals surface area (Å²) in [4.78, 5) is 0. The third-order valence-corrected chi connectivity index (χ3v) is 5.97. The number of ether oxygens (including phenoxy) is 1. The van der Waals surface area contributed by atoms with Crippen molar-refractivity contribution in [2.45, 2.75) is 32.3 Å². The first kappa shape index (κ1) is 18.7. The third kappa shape index (κ3) is 3.64. The Kier molecular flexibility index (Phi) is 5.11. The molecule has 5 aromatic rings. The predicted molar refractivity (Wildman–Crippen MR) is 128 cm³/mol. The van der Waals surface area contributed by atoms with Crippen molar-refractivity contribution in [3.05, 3.63) is 103 Å². The molecular formula is C29H26O. The number of rotatable bonds is 6. The molecule has 0 heterocycles. The molecule has 0 aliphatic rings. The first-order valence-electron chi connectivity index (χ1n) is 10.8. The zero-order chi connectivity index (χ0) is 20.3. The molecule has 5 aromatic carbocycles. The van der Waals surface area contributed by atoms with E-state index in [0.29, 0.717) is 0 Å². The Bertz CT molecular complexity index is 1270. The van der Waals surface area contributed by atoms with Gasteiger partial charge in [-0.1, -0.05) is 84.9 Å². The van der Waals surface area contributed by atoms with Crippen molar-refractivity contribution in [3.63, 3.8) is 0 Å². The number of fused-ring (bicyclic) bond motifs is 6. The van der Waals surface area contributed by atoms with Crippen LogP contribution in [-0.2, 0) is 6.42 Å². The van der Waals surface area contributed by atoms with Crippen molar-refractivity contribution < 1.29 is 4.74 Å². The van der Waals surface area contributed by atoms with Gasteiger partial charge in [-0.05, 0) is 76.2 Å². The van der Waals surface area contributed by atoms with Gasteiger partial charge in [0.2, 0.25) is 0 Å². The van der Waals surface area contributed by atoms with Crippen LogP contribution in [0.2, 0.25) is 0 Å². The minimum Gasteiger partial charge on any atom is -0.491 e. The molecule has 0 aromatic heterocycles. The molecule has 0 saturated carbocycles. The second kappa shape index (κ2) is 8.20. The predicted octanol–water partition coefficient (Wildman–Crippen LogP) is 7.94. The van der Waals surface area contributed by atoms with Crippen LogP contribution in [0.1, 0.15) is 25.3 Å². The van der Waals surface area contributed by atoms with E-state index in [1.165, 1.54) is 37.9 Å². The fraction of sp³-hybridized carbons (Fsp3) is 0.172. The summed E-state index contributed by atoms with van der Waals surface area (Å²) in [6, 6.07) is 34.6. The molecule has 0 amide bonds. The number of aryl methyl sites for hydroxylation is 1. The quantitative estimate of drug-likeness (QED) is 0.267. The van der Waals surface area contributed by atoms with Crippen LogP contribution in [0, 0.1) is 0 Å². The monoisotopic (exact) mass is 390 g/mol. The van der Waals surface area contributed by atoms with Crippen molar-refractivity contribution in [1.29, 1.82) is 0 Å². The summed E-state index contributed by atoms with van der Waals surface area (Å²) in [6.45, 7) is 2.17. The highest BCUT2D eigenvalue weighted by molar-refractivity contribution is 6.25. The van der Waals surface area contributed by atoms with E-state index in [9.17, 15) is 0 Å². The van der Waals surface area contributed by atoms with Gasteiger partial charge in [0.15, 0.2) is 0 Å². The second-order valence-electron chi connectivity index (χ2n) is 8.10. The maximum Gasteiger partial charge on any atom is 0.120 e. The van der Waals surface area contributed by atoms with Gasteiger partial charge in [0.05, 0.1) is 6.10 Å². The standard InChI is InChI=1S/C29H26O/c1-21(10-9-13-22-11-3-2-4-12-22)30-23-18-19-28-26-16-6-5-14-24(26)25-15-7-8-17-27(25)29(28)20-23/h2-8,11-12,14-21H,9-10,13H2,1H3. The van der Waals surface area contributed by atoms with Crippen molar-refractivity contribution >= 4 is 32.3 Å². The highest BCUT2D eigenvalue weighted by atomic mass is 16.5. The van der Waals surface area contributed by atoms with Gasteiger partial charge in [-0.3, -0.25) is 0 Å². The fourth-order valence-corrected chi connectivity index (χ4v) is 4.49. The maximum atomic E-state index is 6.32. The molecular weight excluding hydrogens is 364 g/mol. The topological polar surface area (TPSA) is 9.23 Å². The Morgan fingerprint density at radius 1 is 0.600 bits per heavy atom. The minimum atomic E-state index is 0.192. The molecule has 30 heavy (non-hydrogen) atoms. The SMILES string of the molecule is CC(CCCc1ccccc1)Oc1ccc2c3ccccc3c3ccccc3c2c1. The van der Waals surface area contributed by atoms with Crippen molar-refractivity contribution in [1.82, 2.24) is 0 Å². The number of benzene rings is 5. The molecule has 0 saturated heterocycles. The van der Waals surface area contributed by atoms with Crippen LogP contribution in [-0.4, -0.2) is 6.10 Å². The molecule has 0 fully saturated rings. The van der Waals surface area contributed by atoms with Crippen LogP contribution < -0.4 is 4.74 Å². The third-order valence-electron chi connectivity index (χ3n) is 5.97. The maximum absolute atomic E-state index is 6.32. The van der Waals surface area contributed by atoms with Gasteiger partial charge in [-0.25, -0.2) is 0 Å². The average Bonchev–Trinajstić information content (AvgIpc) is 2.80. The van der Waals surface area contributed by atoms with Gasteiger partial charge >= 0.3 is 0 Å². The molecule has 0 bridgehead atoms. The Hall–Kier alpha value is -3.32. The minimum absolute atomic E-state index is 0.192. The normalized spacial score (nSPS) is 12.4. The van der Waals surface area contributed by atoms with E-state index in [4.69, 9.17) is 4.74 Å². The van der Waals surface area contributed by atoms with E-state index >= 15 is 0 Å². The molecule has 0 aliphatic carbocycles. The smallest absolute Gasteiger partial charge is 0.120 e. The first-order valence-corrected chi connectivity index (χ1v) is 10.8. The van der Waals surface area contributed by atoms with Gasteiger partial charge in [-0.2, -0.15) is 0 Å². The van der Waals surface area contributed by atoms with Crippen LogP contribution in [0.25, 0.3) is 32.3 Å². The lowest BCUT2D eigenvalue weighted by atomic mass is 9.94. The van der Waals surface area contributed by atoms with Crippen molar-refractivity contribution in [3.8, 4) is 5.75 Å². The molecule has 0 radical (unpaired) electrons. The van der Waals surface area contributed by atoms with Gasteiger partial charge in [0.1, 0.15) is 5.75 Å². The zero-order valence-corrected chi connectivity index (χ0v) is 17.3. The molecule has 0 aliphatic heterocycles. The van der Waals surface area contributed by atoms with E-state index in [-0.39, 0.29) is 6.10 Å². The first-order chi connectivity index (χ1) is 14.8. The van der Waals surface area contributed by atoms with Gasteiger partial charge < -0.3 is 4.74 Å². The van der Waals surface area contributed by atoms with Crippen LogP contribution in [0.5, 0.6) is 5.75 Å². The lowest BCUT2D eigenvalue weighted by molar-refractivity contribution is 0.208. The summed E-state index contributed by atoms with van der Waals surface area (Å²) < 4.78 is 6.32. The molecule has 1 atom stereocenters. The fourth-order valence-electron chi connectivity index (χ4n) is 4.49. The Balaban J connectivity index is 1.42. The van der Waals surface area contributed by atoms with Gasteiger partial charge in [0.25, 0.3) is 0 Å². The lowest BCUT2D eigenvalue weighted by Crippen LogP contribution is -2.11. The molecule has 148 valence electrons. The summed E-state index contributed by atoms with van der Waals surface area (Å²) in [6.07, 6.45) is 3.47. The summed E-state index contributed by atoms with van der Waals surface area (Å²) in [7, 11) is 0. The Labute approximate surface area is 177 Å². The molecule has 1 unspecified atom stereocenters. The van der Waals surface area contributed by atoms with Crippen molar-refractivity contribution in [2.75, 3.05) is 0 Å². The summed E-state index contributed by atoms with van der Waals surface area (Å²) >= 11 is 0. The van der Waals surface area contributed by atoms with Crippen LogP contribution in [0.15, 0.2) is 97.1 Å². The van der Waals surface area contributed by atoms with E-state index in [1.54, 1.807) is 0 Å². The van der Waals surface area contributed by atoms with Crippen LogP contribution in [0.4, 0.5) is 0 Å². The van der Waals surface area contributed by atoms with Crippen LogP contribution in [0.3, 0.4) is 0 Å². The van der Waals surface area contributed by atoms with E-state index in [2.05, 4.69) is 104 Å². The molecule has 0 N–H and O–H groups in total. The molecule has 0 spiro atoms. The van der Waals surface area contributed by atoms with E-state index in [1.807, 2.05) is 0 Å².